The largest absolute Gasteiger partial charge is 0.378 e. The molecule has 1 unspecified atom stereocenters. The van der Waals surface area contributed by atoms with E-state index in [1.54, 1.807) is 7.11 Å². The van der Waals surface area contributed by atoms with Crippen molar-refractivity contribution in [2.75, 3.05) is 25.5 Å². The fourth-order valence-corrected chi connectivity index (χ4v) is 2.03. The van der Waals surface area contributed by atoms with Gasteiger partial charge in [0.05, 0.1) is 12.1 Å². The molecule has 0 bridgehead atoms. The lowest BCUT2D eigenvalue weighted by atomic mass is 10.2. The molecular formula is C11H18N4O. The van der Waals surface area contributed by atoms with Crippen molar-refractivity contribution in [1.82, 2.24) is 15.3 Å². The molecule has 0 radical (unpaired) electrons. The van der Waals surface area contributed by atoms with Crippen molar-refractivity contribution in [2.24, 2.45) is 0 Å². The molecule has 1 aliphatic rings. The van der Waals surface area contributed by atoms with Crippen LogP contribution in [0.5, 0.6) is 0 Å². The molecule has 5 nitrogen and oxygen atoms in total. The van der Waals surface area contributed by atoms with E-state index in [9.17, 15) is 0 Å². The molecule has 0 saturated carbocycles. The van der Waals surface area contributed by atoms with Crippen LogP contribution in [0.1, 0.15) is 11.5 Å². The Morgan fingerprint density at radius 2 is 2.19 bits per heavy atom. The van der Waals surface area contributed by atoms with E-state index in [2.05, 4.69) is 20.6 Å². The number of aryl methyl sites for hydroxylation is 2. The Labute approximate surface area is 95.6 Å². The van der Waals surface area contributed by atoms with Gasteiger partial charge in [0, 0.05) is 32.0 Å². The smallest absolute Gasteiger partial charge is 0.130 e. The Bertz CT molecular complexity index is 349. The van der Waals surface area contributed by atoms with Gasteiger partial charge in [0.2, 0.25) is 0 Å². The second-order valence-corrected chi connectivity index (χ2v) is 4.13. The number of nitrogens with one attached hydrogen (secondary N) is 2. The molecule has 2 rings (SSSR count). The zero-order valence-electron chi connectivity index (χ0n) is 9.95. The molecule has 2 atom stereocenters. The van der Waals surface area contributed by atoms with E-state index in [1.165, 1.54) is 0 Å². The molecular weight excluding hydrogens is 204 g/mol. The lowest BCUT2D eigenvalue weighted by Gasteiger charge is -2.19. The monoisotopic (exact) mass is 222 g/mol. The molecule has 0 amide bonds. The van der Waals surface area contributed by atoms with Gasteiger partial charge in [-0.25, -0.2) is 9.97 Å². The Balaban J connectivity index is 2.08. The van der Waals surface area contributed by atoms with Gasteiger partial charge in [-0.1, -0.05) is 0 Å². The Morgan fingerprint density at radius 3 is 2.88 bits per heavy atom. The zero-order valence-corrected chi connectivity index (χ0v) is 9.95. The predicted octanol–water partition coefficient (Wildman–Crippen LogP) is 0.492. The van der Waals surface area contributed by atoms with Crippen LogP contribution in [0.15, 0.2) is 6.07 Å². The van der Waals surface area contributed by atoms with Crippen molar-refractivity contribution in [1.29, 1.82) is 0 Å². The number of rotatable bonds is 3. The fourth-order valence-electron chi connectivity index (χ4n) is 2.03. The summed E-state index contributed by atoms with van der Waals surface area (Å²) in [5.41, 5.74) is 0.981. The number of nitrogens with zero attached hydrogens (tertiary/aromatic N) is 2. The number of ether oxygens (including phenoxy) is 1. The highest BCUT2D eigenvalue weighted by atomic mass is 16.5. The molecule has 16 heavy (non-hydrogen) atoms. The van der Waals surface area contributed by atoms with Gasteiger partial charge in [-0.3, -0.25) is 0 Å². The number of hydrogen-bond donors (Lipinski definition) is 2. The first-order chi connectivity index (χ1) is 7.69. The molecule has 5 heteroatoms. The maximum Gasteiger partial charge on any atom is 0.130 e. The fraction of sp³-hybridized carbons (Fsp3) is 0.636. The highest BCUT2D eigenvalue weighted by Crippen LogP contribution is 2.12. The second-order valence-electron chi connectivity index (χ2n) is 4.13. The van der Waals surface area contributed by atoms with Gasteiger partial charge in [0.25, 0.3) is 0 Å². The standard InChI is InChI=1S/C11H18N4O/c1-7-4-11(14-8(2)13-7)15-9-5-12-6-10(9)16-3/h4,9-10,12H,5-6H2,1-3H3,(H,13,14,15)/t9?,10-/m0/s1. The average molecular weight is 222 g/mol. The third-order valence-electron chi connectivity index (χ3n) is 2.76. The third-order valence-corrected chi connectivity index (χ3v) is 2.76. The van der Waals surface area contributed by atoms with E-state index >= 15 is 0 Å². The summed E-state index contributed by atoms with van der Waals surface area (Å²) in [6.45, 7) is 5.66. The van der Waals surface area contributed by atoms with Crippen LogP contribution in [0, 0.1) is 13.8 Å². The van der Waals surface area contributed by atoms with Crippen molar-refractivity contribution >= 4 is 5.82 Å². The molecule has 0 spiro atoms. The minimum Gasteiger partial charge on any atom is -0.378 e. The van der Waals surface area contributed by atoms with Crippen LogP contribution in [-0.4, -0.2) is 42.3 Å². The number of aromatic nitrogens is 2. The van der Waals surface area contributed by atoms with Crippen molar-refractivity contribution in [2.45, 2.75) is 26.0 Å². The highest BCUT2D eigenvalue weighted by Gasteiger charge is 2.26. The first-order valence-corrected chi connectivity index (χ1v) is 5.51. The SMILES string of the molecule is CO[C@H]1CNCC1Nc1cc(C)nc(C)n1. The maximum absolute atomic E-state index is 5.39. The van der Waals surface area contributed by atoms with Crippen molar-refractivity contribution in [3.8, 4) is 0 Å². The van der Waals surface area contributed by atoms with E-state index in [4.69, 9.17) is 4.74 Å². The molecule has 1 aromatic rings. The van der Waals surface area contributed by atoms with E-state index in [-0.39, 0.29) is 12.1 Å². The van der Waals surface area contributed by atoms with Gasteiger partial charge in [0.15, 0.2) is 0 Å². The van der Waals surface area contributed by atoms with Crippen LogP contribution < -0.4 is 10.6 Å². The molecule has 1 fully saturated rings. The van der Waals surface area contributed by atoms with E-state index in [1.807, 2.05) is 19.9 Å². The summed E-state index contributed by atoms with van der Waals surface area (Å²) in [7, 11) is 1.74. The summed E-state index contributed by atoms with van der Waals surface area (Å²) in [6, 6.07) is 2.23. The van der Waals surface area contributed by atoms with E-state index in [0.717, 1.165) is 30.4 Å². The lowest BCUT2D eigenvalue weighted by Crippen LogP contribution is -2.34. The average Bonchev–Trinajstić information content (AvgIpc) is 2.63. The Kier molecular flexibility index (Phi) is 3.36. The van der Waals surface area contributed by atoms with Gasteiger partial charge >= 0.3 is 0 Å². The molecule has 1 saturated heterocycles. The van der Waals surface area contributed by atoms with Gasteiger partial charge in [-0.15, -0.1) is 0 Å². The van der Waals surface area contributed by atoms with Gasteiger partial charge in [-0.05, 0) is 13.8 Å². The molecule has 0 aromatic carbocycles. The van der Waals surface area contributed by atoms with Crippen LogP contribution >= 0.6 is 0 Å². The minimum atomic E-state index is 0.204. The van der Waals surface area contributed by atoms with Crippen LogP contribution in [0.25, 0.3) is 0 Å². The summed E-state index contributed by atoms with van der Waals surface area (Å²) in [4.78, 5) is 8.61. The number of hydrogen-bond acceptors (Lipinski definition) is 5. The van der Waals surface area contributed by atoms with Crippen LogP contribution in [0.2, 0.25) is 0 Å². The molecule has 1 aliphatic heterocycles. The topological polar surface area (TPSA) is 59.1 Å². The lowest BCUT2D eigenvalue weighted by molar-refractivity contribution is 0.111. The molecule has 88 valence electrons. The second kappa shape index (κ2) is 4.76. The van der Waals surface area contributed by atoms with Gasteiger partial charge in [0.1, 0.15) is 11.6 Å². The summed E-state index contributed by atoms with van der Waals surface area (Å²) in [5.74, 6) is 1.67. The number of methoxy groups -OCH3 is 1. The first-order valence-electron chi connectivity index (χ1n) is 5.51. The molecule has 2 heterocycles. The quantitative estimate of drug-likeness (QED) is 0.779. The predicted molar refractivity (Wildman–Crippen MR) is 62.6 cm³/mol. The van der Waals surface area contributed by atoms with E-state index < -0.39 is 0 Å². The normalized spacial score (nSPS) is 24.7. The highest BCUT2D eigenvalue weighted by molar-refractivity contribution is 5.37. The third kappa shape index (κ3) is 2.48. The molecule has 1 aromatic heterocycles. The van der Waals surface area contributed by atoms with Gasteiger partial charge in [-0.2, -0.15) is 0 Å². The maximum atomic E-state index is 5.39. The zero-order chi connectivity index (χ0) is 11.5. The molecule has 2 N–H and O–H groups in total. The molecule has 0 aliphatic carbocycles. The summed E-state index contributed by atoms with van der Waals surface area (Å²) in [5, 5.41) is 6.68. The summed E-state index contributed by atoms with van der Waals surface area (Å²) >= 11 is 0. The Morgan fingerprint density at radius 1 is 1.38 bits per heavy atom. The van der Waals surface area contributed by atoms with Crippen molar-refractivity contribution < 1.29 is 4.74 Å². The van der Waals surface area contributed by atoms with Gasteiger partial charge < -0.3 is 15.4 Å². The summed E-state index contributed by atoms with van der Waals surface area (Å²) < 4.78 is 5.39. The minimum absolute atomic E-state index is 0.204. The van der Waals surface area contributed by atoms with Crippen molar-refractivity contribution in [3.63, 3.8) is 0 Å². The van der Waals surface area contributed by atoms with Crippen molar-refractivity contribution in [3.05, 3.63) is 17.6 Å². The Hall–Kier alpha value is -1.20. The number of anilines is 1. The van der Waals surface area contributed by atoms with Crippen LogP contribution in [0.3, 0.4) is 0 Å². The van der Waals surface area contributed by atoms with E-state index in [0.29, 0.717) is 0 Å². The van der Waals surface area contributed by atoms with Crippen LogP contribution in [0.4, 0.5) is 5.82 Å². The van der Waals surface area contributed by atoms with Crippen LogP contribution in [-0.2, 0) is 4.74 Å². The summed E-state index contributed by atoms with van der Waals surface area (Å²) in [6.07, 6.45) is 0.204. The first kappa shape index (κ1) is 11.3.